The van der Waals surface area contributed by atoms with Crippen LogP contribution in [0.2, 0.25) is 0 Å². The molecule has 0 N–H and O–H groups in total. The minimum Gasteiger partial charge on any atom is -0.454 e. The Balaban J connectivity index is 2.09. The molecule has 1 aromatic rings. The molecule has 0 bridgehead atoms. The Morgan fingerprint density at radius 3 is 2.80 bits per heavy atom. The molecule has 1 aliphatic carbocycles. The van der Waals surface area contributed by atoms with Crippen molar-refractivity contribution in [1.29, 1.82) is 0 Å². The Kier molecular flexibility index (Phi) is 1.84. The third-order valence-electron chi connectivity index (χ3n) is 3.58. The molecule has 78 valence electrons. The molecule has 0 unspecified atom stereocenters. The molecule has 0 aromatic heterocycles. The number of carbonyl (C=O) groups is 1. The smallest absolute Gasteiger partial charge is 0.306 e. The molecule has 2 aliphatic rings. The summed E-state index contributed by atoms with van der Waals surface area (Å²) >= 11 is 0. The Labute approximate surface area is 89.2 Å². The van der Waals surface area contributed by atoms with Gasteiger partial charge in [-0.2, -0.15) is 0 Å². The van der Waals surface area contributed by atoms with Crippen LogP contribution in [0, 0.1) is 0 Å². The average Bonchev–Trinajstić information content (AvgIpc) is 2.62. The van der Waals surface area contributed by atoms with Crippen LogP contribution in [0.5, 0.6) is 0 Å². The topological polar surface area (TPSA) is 26.3 Å². The highest BCUT2D eigenvalue weighted by Gasteiger charge is 2.44. The molecule has 1 aromatic carbocycles. The first-order valence-electron chi connectivity index (χ1n) is 5.60. The molecule has 1 atom stereocenters. The first-order chi connectivity index (χ1) is 7.30. The molecule has 0 amide bonds. The van der Waals surface area contributed by atoms with Gasteiger partial charge in [0.1, 0.15) is 5.60 Å². The molecule has 2 heteroatoms. The van der Waals surface area contributed by atoms with Gasteiger partial charge < -0.3 is 4.74 Å². The number of hydrogen-bond donors (Lipinski definition) is 0. The van der Waals surface area contributed by atoms with E-state index in [4.69, 9.17) is 4.74 Å². The van der Waals surface area contributed by atoms with E-state index in [1.165, 1.54) is 11.1 Å². The van der Waals surface area contributed by atoms with E-state index in [2.05, 4.69) is 18.2 Å². The van der Waals surface area contributed by atoms with Crippen molar-refractivity contribution in [3.05, 3.63) is 35.4 Å². The first-order valence-corrected chi connectivity index (χ1v) is 5.60. The van der Waals surface area contributed by atoms with E-state index >= 15 is 0 Å². The van der Waals surface area contributed by atoms with Gasteiger partial charge in [0.2, 0.25) is 0 Å². The number of ether oxygens (including phenoxy) is 1. The molecule has 0 saturated carbocycles. The minimum atomic E-state index is -0.272. The van der Waals surface area contributed by atoms with E-state index < -0.39 is 0 Å². The van der Waals surface area contributed by atoms with Crippen LogP contribution in [0.1, 0.15) is 36.8 Å². The maximum absolute atomic E-state index is 11.3. The van der Waals surface area contributed by atoms with E-state index in [9.17, 15) is 4.79 Å². The van der Waals surface area contributed by atoms with E-state index in [0.29, 0.717) is 6.42 Å². The van der Waals surface area contributed by atoms with Gasteiger partial charge >= 0.3 is 5.97 Å². The Morgan fingerprint density at radius 2 is 2.00 bits per heavy atom. The summed E-state index contributed by atoms with van der Waals surface area (Å²) in [5, 5.41) is 0. The number of fused-ring (bicyclic) bond motifs is 2. The van der Waals surface area contributed by atoms with Gasteiger partial charge in [-0.15, -0.1) is 0 Å². The molecule has 1 heterocycles. The van der Waals surface area contributed by atoms with Gasteiger partial charge in [0.05, 0.1) is 0 Å². The number of benzene rings is 1. The second kappa shape index (κ2) is 3.09. The van der Waals surface area contributed by atoms with Crippen molar-refractivity contribution >= 4 is 5.97 Å². The van der Waals surface area contributed by atoms with Crippen LogP contribution >= 0.6 is 0 Å². The maximum Gasteiger partial charge on any atom is 0.306 e. The zero-order valence-corrected chi connectivity index (χ0v) is 8.66. The van der Waals surface area contributed by atoms with Gasteiger partial charge in [-0.3, -0.25) is 4.79 Å². The van der Waals surface area contributed by atoms with Crippen LogP contribution in [0.4, 0.5) is 0 Å². The summed E-state index contributed by atoms with van der Waals surface area (Å²) in [6.45, 7) is 0. The molecular weight excluding hydrogens is 188 g/mol. The van der Waals surface area contributed by atoms with E-state index in [1.54, 1.807) is 0 Å². The van der Waals surface area contributed by atoms with Gasteiger partial charge in [-0.1, -0.05) is 24.3 Å². The number of esters is 1. The maximum atomic E-state index is 11.3. The number of rotatable bonds is 0. The first kappa shape index (κ1) is 8.96. The fourth-order valence-electron chi connectivity index (χ4n) is 2.87. The largest absolute Gasteiger partial charge is 0.454 e. The molecule has 15 heavy (non-hydrogen) atoms. The molecule has 1 fully saturated rings. The monoisotopic (exact) mass is 202 g/mol. The SMILES string of the molecule is O=C1CC[C@]2(CCCc3ccccc32)O1. The average molecular weight is 202 g/mol. The second-order valence-electron chi connectivity index (χ2n) is 4.48. The third kappa shape index (κ3) is 1.28. The van der Waals surface area contributed by atoms with Gasteiger partial charge in [0.25, 0.3) is 0 Å². The normalized spacial score (nSPS) is 28.9. The van der Waals surface area contributed by atoms with Crippen LogP contribution in [0.25, 0.3) is 0 Å². The van der Waals surface area contributed by atoms with Crippen LogP contribution in [-0.4, -0.2) is 5.97 Å². The zero-order valence-electron chi connectivity index (χ0n) is 8.66. The summed E-state index contributed by atoms with van der Waals surface area (Å²) < 4.78 is 5.58. The summed E-state index contributed by atoms with van der Waals surface area (Å²) in [6.07, 6.45) is 4.69. The van der Waals surface area contributed by atoms with E-state index in [-0.39, 0.29) is 11.6 Å². The van der Waals surface area contributed by atoms with Gasteiger partial charge in [0, 0.05) is 12.8 Å². The number of aryl methyl sites for hydroxylation is 1. The quantitative estimate of drug-likeness (QED) is 0.604. The third-order valence-corrected chi connectivity index (χ3v) is 3.58. The number of hydrogen-bond acceptors (Lipinski definition) is 2. The summed E-state index contributed by atoms with van der Waals surface area (Å²) in [7, 11) is 0. The van der Waals surface area contributed by atoms with Gasteiger partial charge in [-0.25, -0.2) is 0 Å². The molecule has 0 radical (unpaired) electrons. The van der Waals surface area contributed by atoms with Crippen molar-refractivity contribution in [2.75, 3.05) is 0 Å². The lowest BCUT2D eigenvalue weighted by Gasteiger charge is -2.34. The summed E-state index contributed by atoms with van der Waals surface area (Å²) in [5.74, 6) is -0.0355. The van der Waals surface area contributed by atoms with Crippen molar-refractivity contribution in [1.82, 2.24) is 0 Å². The summed E-state index contributed by atoms with van der Waals surface area (Å²) in [4.78, 5) is 11.3. The molecule has 3 rings (SSSR count). The highest BCUT2D eigenvalue weighted by molar-refractivity contribution is 5.73. The van der Waals surface area contributed by atoms with E-state index in [0.717, 1.165) is 25.7 Å². The standard InChI is InChI=1S/C13H14O2/c14-12-7-9-13(15-12)8-3-5-10-4-1-2-6-11(10)13/h1-2,4,6H,3,5,7-9H2/t13-/m0/s1. The van der Waals surface area contributed by atoms with Crippen molar-refractivity contribution in [3.8, 4) is 0 Å². The molecule has 1 spiro atoms. The lowest BCUT2D eigenvalue weighted by atomic mass is 9.77. The van der Waals surface area contributed by atoms with Crippen molar-refractivity contribution in [2.45, 2.75) is 37.7 Å². The van der Waals surface area contributed by atoms with E-state index in [1.807, 2.05) is 6.07 Å². The molecule has 1 saturated heterocycles. The van der Waals surface area contributed by atoms with Crippen molar-refractivity contribution < 1.29 is 9.53 Å². The Morgan fingerprint density at radius 1 is 1.13 bits per heavy atom. The van der Waals surface area contributed by atoms with Crippen LogP contribution in [0.15, 0.2) is 24.3 Å². The molecule has 2 nitrogen and oxygen atoms in total. The number of carbonyl (C=O) groups excluding carboxylic acids is 1. The highest BCUT2D eigenvalue weighted by atomic mass is 16.6. The van der Waals surface area contributed by atoms with Crippen molar-refractivity contribution in [3.63, 3.8) is 0 Å². The minimum absolute atomic E-state index is 0.0355. The zero-order chi connectivity index (χ0) is 10.3. The molecular formula is C13H14O2. The molecule has 1 aliphatic heterocycles. The predicted molar refractivity (Wildman–Crippen MR) is 56.4 cm³/mol. The van der Waals surface area contributed by atoms with Crippen LogP contribution in [0.3, 0.4) is 0 Å². The lowest BCUT2D eigenvalue weighted by Crippen LogP contribution is -2.30. The summed E-state index contributed by atoms with van der Waals surface area (Å²) in [5.41, 5.74) is 2.34. The van der Waals surface area contributed by atoms with Crippen molar-refractivity contribution in [2.24, 2.45) is 0 Å². The Hall–Kier alpha value is -1.31. The lowest BCUT2D eigenvalue weighted by molar-refractivity contribution is -0.150. The van der Waals surface area contributed by atoms with Crippen LogP contribution < -0.4 is 0 Å². The second-order valence-corrected chi connectivity index (χ2v) is 4.48. The fourth-order valence-corrected chi connectivity index (χ4v) is 2.87. The summed E-state index contributed by atoms with van der Waals surface area (Å²) in [6, 6.07) is 8.38. The van der Waals surface area contributed by atoms with Gasteiger partial charge in [-0.05, 0) is 30.4 Å². The fraction of sp³-hybridized carbons (Fsp3) is 0.462. The highest BCUT2D eigenvalue weighted by Crippen LogP contribution is 2.45. The van der Waals surface area contributed by atoms with Gasteiger partial charge in [0.15, 0.2) is 0 Å². The van der Waals surface area contributed by atoms with Crippen LogP contribution in [-0.2, 0) is 21.6 Å². The Bertz CT molecular complexity index is 411. The predicted octanol–water partition coefficient (Wildman–Crippen LogP) is 2.56.